The zero-order chi connectivity index (χ0) is 27.5. The maximum absolute atomic E-state index is 12.9. The fourth-order valence-electron chi connectivity index (χ4n) is 5.51. The summed E-state index contributed by atoms with van der Waals surface area (Å²) in [4.78, 5) is 34.2. The number of Topliss-reactive ketones (excluding diaryl/α,β-unsaturated/α-hetero) is 1. The standard InChI is InChI=1S/C31H34N6O2/c1-4-5-14-29(39)36-16-15-35(20-28(36)22(3)38)30-26(18-32)21(2)37-31(34-30)27(19-33-37)25-13-9-7-11-23-10-6-8-12-24(23)17-25/h6,8-10,12-13,17,19,28H,4-5,7,11,14-16,20H2,1-3H3. The van der Waals surface area contributed by atoms with Crippen molar-refractivity contribution < 1.29 is 9.59 Å². The van der Waals surface area contributed by atoms with Crippen LogP contribution in [0.5, 0.6) is 0 Å². The molecule has 1 fully saturated rings. The number of aryl methyl sites for hydroxylation is 2. The maximum atomic E-state index is 12.9. The quantitative estimate of drug-likeness (QED) is 0.464. The highest BCUT2D eigenvalue weighted by Crippen LogP contribution is 2.31. The average Bonchev–Trinajstić information content (AvgIpc) is 3.36. The Labute approximate surface area is 229 Å². The number of carbonyl (C=O) groups is 2. The van der Waals surface area contributed by atoms with E-state index in [1.807, 2.05) is 31.0 Å². The van der Waals surface area contributed by atoms with Crippen molar-refractivity contribution in [2.45, 2.75) is 58.9 Å². The van der Waals surface area contributed by atoms with Crippen molar-refractivity contribution in [3.63, 3.8) is 0 Å². The number of unbranched alkanes of at least 4 members (excludes halogenated alkanes) is 1. The smallest absolute Gasteiger partial charge is 0.223 e. The van der Waals surface area contributed by atoms with Gasteiger partial charge in [0.25, 0.3) is 0 Å². The van der Waals surface area contributed by atoms with E-state index in [-0.39, 0.29) is 11.7 Å². The molecule has 5 rings (SSSR count). The molecule has 1 amide bonds. The summed E-state index contributed by atoms with van der Waals surface area (Å²) < 4.78 is 1.73. The zero-order valence-corrected chi connectivity index (χ0v) is 22.9. The molecule has 0 spiro atoms. The molecule has 8 nitrogen and oxygen atoms in total. The minimum Gasteiger partial charge on any atom is -0.351 e. The van der Waals surface area contributed by atoms with Crippen LogP contribution in [0.3, 0.4) is 0 Å². The number of carbonyl (C=O) groups excluding carboxylic acids is 2. The second kappa shape index (κ2) is 11.2. The molecule has 0 radical (unpaired) electrons. The second-order valence-corrected chi connectivity index (χ2v) is 10.3. The highest BCUT2D eigenvalue weighted by molar-refractivity contribution is 5.93. The van der Waals surface area contributed by atoms with Crippen LogP contribution in [-0.2, 0) is 16.0 Å². The van der Waals surface area contributed by atoms with Crippen LogP contribution in [0.4, 0.5) is 5.82 Å². The summed E-state index contributed by atoms with van der Waals surface area (Å²) in [5.41, 5.74) is 6.15. The van der Waals surface area contributed by atoms with Crippen molar-refractivity contribution in [2.24, 2.45) is 0 Å². The number of anilines is 1. The summed E-state index contributed by atoms with van der Waals surface area (Å²) in [6.07, 6.45) is 12.4. The molecular formula is C31H34N6O2. The monoisotopic (exact) mass is 522 g/mol. The minimum atomic E-state index is -0.565. The molecule has 0 N–H and O–H groups in total. The highest BCUT2D eigenvalue weighted by atomic mass is 16.2. The first-order valence-electron chi connectivity index (χ1n) is 13.7. The van der Waals surface area contributed by atoms with E-state index in [4.69, 9.17) is 4.98 Å². The predicted molar refractivity (Wildman–Crippen MR) is 152 cm³/mol. The third-order valence-corrected chi connectivity index (χ3v) is 7.74. The van der Waals surface area contributed by atoms with Gasteiger partial charge in [0.05, 0.1) is 11.9 Å². The van der Waals surface area contributed by atoms with Gasteiger partial charge in [0, 0.05) is 31.6 Å². The van der Waals surface area contributed by atoms with Crippen LogP contribution in [0.25, 0.3) is 17.3 Å². The lowest BCUT2D eigenvalue weighted by molar-refractivity contribution is -0.139. The predicted octanol–water partition coefficient (Wildman–Crippen LogP) is 4.75. The van der Waals surface area contributed by atoms with Gasteiger partial charge in [0.2, 0.25) is 5.91 Å². The number of hydrogen-bond acceptors (Lipinski definition) is 6. The Hall–Kier alpha value is -4.25. The average molecular weight is 523 g/mol. The number of amides is 1. The third kappa shape index (κ3) is 5.09. The Morgan fingerprint density at radius 3 is 2.79 bits per heavy atom. The first kappa shape index (κ1) is 26.4. The molecule has 1 atom stereocenters. The van der Waals surface area contributed by atoms with Crippen LogP contribution in [-0.4, -0.2) is 56.9 Å². The summed E-state index contributed by atoms with van der Waals surface area (Å²) in [5.74, 6) is 0.486. The largest absolute Gasteiger partial charge is 0.351 e. The molecule has 2 aliphatic rings. The van der Waals surface area contributed by atoms with Crippen LogP contribution in [0.15, 0.2) is 42.6 Å². The molecule has 1 aliphatic carbocycles. The maximum Gasteiger partial charge on any atom is 0.223 e. The lowest BCUT2D eigenvalue weighted by Crippen LogP contribution is -2.58. The van der Waals surface area contributed by atoms with Crippen molar-refractivity contribution in [2.75, 3.05) is 24.5 Å². The van der Waals surface area contributed by atoms with E-state index in [0.29, 0.717) is 48.8 Å². The van der Waals surface area contributed by atoms with Crippen LogP contribution >= 0.6 is 0 Å². The molecule has 1 unspecified atom stereocenters. The van der Waals surface area contributed by atoms with Gasteiger partial charge in [-0.15, -0.1) is 0 Å². The first-order chi connectivity index (χ1) is 18.9. The SMILES string of the molecule is CCCCC(=O)N1CCN(c2nc3c(C4=Cc5ccccc5CCC=C4)cnn3c(C)c2C#N)CC1C(C)=O. The van der Waals surface area contributed by atoms with E-state index in [0.717, 1.165) is 36.8 Å². The molecule has 200 valence electrons. The van der Waals surface area contributed by atoms with Gasteiger partial charge < -0.3 is 9.80 Å². The van der Waals surface area contributed by atoms with Crippen molar-refractivity contribution in [1.29, 1.82) is 5.26 Å². The van der Waals surface area contributed by atoms with Crippen molar-refractivity contribution in [1.82, 2.24) is 19.5 Å². The number of ketones is 1. The number of fused-ring (bicyclic) bond motifs is 2. The van der Waals surface area contributed by atoms with Crippen LogP contribution in [0.1, 0.15) is 67.5 Å². The zero-order valence-electron chi connectivity index (χ0n) is 22.9. The first-order valence-corrected chi connectivity index (χ1v) is 13.7. The van der Waals surface area contributed by atoms with Gasteiger partial charge in [-0.25, -0.2) is 9.50 Å². The lowest BCUT2D eigenvalue weighted by Gasteiger charge is -2.41. The molecule has 0 bridgehead atoms. The van der Waals surface area contributed by atoms with Crippen LogP contribution < -0.4 is 4.90 Å². The molecule has 8 heteroatoms. The highest BCUT2D eigenvalue weighted by Gasteiger charge is 2.35. The molecule has 1 saturated heterocycles. The molecule has 39 heavy (non-hydrogen) atoms. The van der Waals surface area contributed by atoms with E-state index in [1.54, 1.807) is 9.42 Å². The fraction of sp³-hybridized carbons (Fsp3) is 0.387. The summed E-state index contributed by atoms with van der Waals surface area (Å²) in [6, 6.07) is 10.2. The van der Waals surface area contributed by atoms with Crippen molar-refractivity contribution in [3.8, 4) is 6.07 Å². The number of nitrogens with zero attached hydrogens (tertiary/aromatic N) is 6. The van der Waals surface area contributed by atoms with Crippen molar-refractivity contribution >= 4 is 34.8 Å². The number of benzene rings is 1. The lowest BCUT2D eigenvalue weighted by atomic mass is 9.95. The van der Waals surface area contributed by atoms with Gasteiger partial charge in [-0.1, -0.05) is 49.8 Å². The number of allylic oxidation sites excluding steroid dienone is 3. The molecule has 1 aliphatic heterocycles. The fourth-order valence-corrected chi connectivity index (χ4v) is 5.51. The van der Waals surface area contributed by atoms with Crippen LogP contribution in [0, 0.1) is 18.3 Å². The molecule has 3 aromatic rings. The van der Waals surface area contributed by atoms with Gasteiger partial charge in [0.15, 0.2) is 17.2 Å². The molecule has 3 heterocycles. The van der Waals surface area contributed by atoms with Gasteiger partial charge >= 0.3 is 0 Å². The van der Waals surface area contributed by atoms with E-state index in [1.165, 1.54) is 18.1 Å². The Morgan fingerprint density at radius 2 is 2.03 bits per heavy atom. The topological polar surface area (TPSA) is 94.6 Å². The number of nitriles is 1. The van der Waals surface area contributed by atoms with Gasteiger partial charge in [-0.2, -0.15) is 10.4 Å². The van der Waals surface area contributed by atoms with E-state index >= 15 is 0 Å². The third-order valence-electron chi connectivity index (χ3n) is 7.74. The molecule has 1 aromatic carbocycles. The van der Waals surface area contributed by atoms with Gasteiger partial charge in [-0.3, -0.25) is 9.59 Å². The Kier molecular flexibility index (Phi) is 7.60. The Bertz CT molecular complexity index is 1530. The summed E-state index contributed by atoms with van der Waals surface area (Å²) in [7, 11) is 0. The van der Waals surface area contributed by atoms with Crippen LogP contribution in [0.2, 0.25) is 0 Å². The molecule has 0 saturated carbocycles. The number of rotatable bonds is 6. The molecule has 2 aromatic heterocycles. The number of piperazine rings is 1. The summed E-state index contributed by atoms with van der Waals surface area (Å²) in [6.45, 7) is 6.68. The van der Waals surface area contributed by atoms with Gasteiger partial charge in [-0.05, 0) is 55.9 Å². The molecular weight excluding hydrogens is 488 g/mol. The Morgan fingerprint density at radius 1 is 1.21 bits per heavy atom. The van der Waals surface area contributed by atoms with E-state index in [9.17, 15) is 14.9 Å². The number of hydrogen-bond donors (Lipinski definition) is 0. The minimum absolute atomic E-state index is 0.0122. The van der Waals surface area contributed by atoms with E-state index < -0.39 is 6.04 Å². The summed E-state index contributed by atoms with van der Waals surface area (Å²) >= 11 is 0. The Balaban J connectivity index is 1.56. The summed E-state index contributed by atoms with van der Waals surface area (Å²) in [5, 5.41) is 14.7. The van der Waals surface area contributed by atoms with E-state index in [2.05, 4.69) is 47.6 Å². The van der Waals surface area contributed by atoms with Crippen molar-refractivity contribution in [3.05, 3.63) is 70.6 Å². The second-order valence-electron chi connectivity index (χ2n) is 10.3. The van der Waals surface area contributed by atoms with Gasteiger partial charge in [0.1, 0.15) is 17.7 Å². The number of aromatic nitrogens is 3. The normalized spacial score (nSPS) is 17.3.